The zero-order chi connectivity index (χ0) is 26.2. The first-order valence-corrected chi connectivity index (χ1v) is 13.6. The van der Waals surface area contributed by atoms with Gasteiger partial charge in [0.05, 0.1) is 10.6 Å². The van der Waals surface area contributed by atoms with E-state index in [9.17, 15) is 18.0 Å². The topological polar surface area (TPSA) is 71.5 Å². The van der Waals surface area contributed by atoms with Gasteiger partial charge in [-0.2, -0.15) is 0 Å². The van der Waals surface area contributed by atoms with Crippen molar-refractivity contribution in [2.75, 3.05) is 4.31 Å². The second-order valence-corrected chi connectivity index (χ2v) is 11.3. The second kappa shape index (κ2) is 9.79. The average molecular weight is 510 g/mol. The van der Waals surface area contributed by atoms with E-state index in [0.29, 0.717) is 22.4 Å². The number of rotatable bonds is 7. The molecule has 4 aromatic carbocycles. The van der Waals surface area contributed by atoms with Crippen LogP contribution in [-0.4, -0.2) is 26.0 Å². The van der Waals surface area contributed by atoms with Crippen LogP contribution in [0.2, 0.25) is 0 Å². The minimum atomic E-state index is -4.11. The largest absolute Gasteiger partial charge is 0.294 e. The Bertz CT molecular complexity index is 1560. The highest BCUT2D eigenvalue weighted by atomic mass is 32.2. The Morgan fingerprint density at radius 1 is 0.703 bits per heavy atom. The molecular weight excluding hydrogens is 482 g/mol. The maximum atomic E-state index is 14.1. The number of fused-ring (bicyclic) bond motifs is 1. The van der Waals surface area contributed by atoms with E-state index >= 15 is 0 Å². The van der Waals surface area contributed by atoms with Crippen LogP contribution in [0.15, 0.2) is 108 Å². The van der Waals surface area contributed by atoms with Crippen molar-refractivity contribution in [1.82, 2.24) is 0 Å². The molecule has 37 heavy (non-hydrogen) atoms. The van der Waals surface area contributed by atoms with E-state index in [-0.39, 0.29) is 22.9 Å². The molecule has 0 unspecified atom stereocenters. The van der Waals surface area contributed by atoms with Crippen molar-refractivity contribution in [3.05, 3.63) is 131 Å². The van der Waals surface area contributed by atoms with E-state index in [2.05, 4.69) is 0 Å². The Labute approximate surface area is 217 Å². The second-order valence-electron chi connectivity index (χ2n) is 9.45. The summed E-state index contributed by atoms with van der Waals surface area (Å²) >= 11 is 0. The number of aryl methyl sites for hydroxylation is 2. The molecule has 0 aromatic heterocycles. The van der Waals surface area contributed by atoms with Crippen LogP contribution in [0.25, 0.3) is 0 Å². The van der Waals surface area contributed by atoms with E-state index in [4.69, 9.17) is 0 Å². The van der Waals surface area contributed by atoms with E-state index in [1.165, 1.54) is 4.31 Å². The van der Waals surface area contributed by atoms with Gasteiger partial charge in [0.15, 0.2) is 11.6 Å². The Balaban J connectivity index is 1.66. The molecule has 0 fully saturated rings. The normalized spacial score (nSPS) is 16.9. The summed E-state index contributed by atoms with van der Waals surface area (Å²) in [6.45, 7) is 3.81. The summed E-state index contributed by atoms with van der Waals surface area (Å²) in [4.78, 5) is 27.5. The Hall–Kier alpha value is -4.03. The van der Waals surface area contributed by atoms with Gasteiger partial charge in [0.1, 0.15) is 6.04 Å². The molecule has 6 heteroatoms. The third-order valence-corrected chi connectivity index (χ3v) is 8.70. The van der Waals surface area contributed by atoms with Crippen LogP contribution in [0.5, 0.6) is 0 Å². The molecule has 4 aromatic rings. The van der Waals surface area contributed by atoms with Gasteiger partial charge in [0.25, 0.3) is 10.0 Å². The zero-order valence-corrected chi connectivity index (χ0v) is 21.5. The lowest BCUT2D eigenvalue weighted by atomic mass is 9.85. The number of anilines is 1. The molecule has 1 aliphatic heterocycles. The number of carbonyl (C=O) groups excluding carboxylic acids is 2. The fourth-order valence-electron chi connectivity index (χ4n) is 4.93. The maximum Gasteiger partial charge on any atom is 0.265 e. The molecule has 0 N–H and O–H groups in total. The summed E-state index contributed by atoms with van der Waals surface area (Å²) in [5, 5.41) is 0. The van der Waals surface area contributed by atoms with Gasteiger partial charge in [0.2, 0.25) is 0 Å². The molecule has 2 atom stereocenters. The number of hydrogen-bond acceptors (Lipinski definition) is 4. The molecule has 1 aliphatic rings. The van der Waals surface area contributed by atoms with Crippen LogP contribution in [0.3, 0.4) is 0 Å². The predicted octanol–water partition coefficient (Wildman–Crippen LogP) is 6.12. The number of Topliss-reactive ketones (excluding diaryl/α,β-unsaturated/α-hetero) is 2. The van der Waals surface area contributed by atoms with Gasteiger partial charge in [0, 0.05) is 23.5 Å². The fraction of sp³-hybridized carbons (Fsp3) is 0.161. The molecule has 0 saturated carbocycles. The van der Waals surface area contributed by atoms with Crippen LogP contribution in [0.1, 0.15) is 49.7 Å². The van der Waals surface area contributed by atoms with Gasteiger partial charge in [-0.3, -0.25) is 13.9 Å². The molecule has 1 heterocycles. The lowest BCUT2D eigenvalue weighted by Gasteiger charge is -2.29. The fourth-order valence-corrected chi connectivity index (χ4v) is 6.60. The molecule has 5 nitrogen and oxygen atoms in total. The van der Waals surface area contributed by atoms with Crippen LogP contribution in [0, 0.1) is 13.8 Å². The summed E-state index contributed by atoms with van der Waals surface area (Å²) in [6.07, 6.45) is 0.00319. The number of hydrogen-bond donors (Lipinski definition) is 0. The van der Waals surface area contributed by atoms with Gasteiger partial charge in [-0.1, -0.05) is 96.1 Å². The van der Waals surface area contributed by atoms with Crippen molar-refractivity contribution in [3.8, 4) is 0 Å². The van der Waals surface area contributed by atoms with Crippen LogP contribution in [0.4, 0.5) is 5.69 Å². The lowest BCUT2D eigenvalue weighted by Crippen LogP contribution is -2.45. The molecule has 5 rings (SSSR count). The van der Waals surface area contributed by atoms with E-state index in [1.54, 1.807) is 72.8 Å². The van der Waals surface area contributed by atoms with Gasteiger partial charge >= 0.3 is 0 Å². The number of carbonyl (C=O) groups is 2. The number of benzene rings is 4. The molecule has 186 valence electrons. The van der Waals surface area contributed by atoms with Crippen LogP contribution in [-0.2, 0) is 10.0 Å². The van der Waals surface area contributed by atoms with E-state index in [0.717, 1.165) is 11.1 Å². The minimum absolute atomic E-state index is 0.00319. The van der Waals surface area contributed by atoms with Crippen molar-refractivity contribution < 1.29 is 18.0 Å². The quantitative estimate of drug-likeness (QED) is 0.281. The highest BCUT2D eigenvalue weighted by Gasteiger charge is 2.49. The third kappa shape index (κ3) is 4.60. The molecule has 0 spiro atoms. The summed E-state index contributed by atoms with van der Waals surface area (Å²) in [5.74, 6) is -1.12. The van der Waals surface area contributed by atoms with Crippen molar-refractivity contribution in [1.29, 1.82) is 0 Å². The molecule has 0 saturated heterocycles. The van der Waals surface area contributed by atoms with Gasteiger partial charge < -0.3 is 0 Å². The Morgan fingerprint density at radius 3 is 1.92 bits per heavy atom. The molecule has 0 radical (unpaired) electrons. The smallest absolute Gasteiger partial charge is 0.265 e. The average Bonchev–Trinajstić information content (AvgIpc) is 3.24. The summed E-state index contributed by atoms with van der Waals surface area (Å²) in [5.41, 5.74) is 3.96. The number of sulfonamides is 1. The monoisotopic (exact) mass is 509 g/mol. The third-order valence-electron chi connectivity index (χ3n) is 6.89. The SMILES string of the molecule is Cc1ccc(C(=O)[C@@H]2[C@H](CC(=O)c3ccccc3)c3ccccc3N2S(=O)(=O)c2ccc(C)cc2)cc1. The highest BCUT2D eigenvalue weighted by Crippen LogP contribution is 2.47. The first-order chi connectivity index (χ1) is 17.8. The maximum absolute atomic E-state index is 14.1. The minimum Gasteiger partial charge on any atom is -0.294 e. The van der Waals surface area contributed by atoms with Gasteiger partial charge in [-0.15, -0.1) is 0 Å². The number of para-hydroxylation sites is 1. The molecule has 0 amide bonds. The van der Waals surface area contributed by atoms with E-state index < -0.39 is 22.0 Å². The summed E-state index contributed by atoms with van der Waals surface area (Å²) < 4.78 is 29.4. The zero-order valence-electron chi connectivity index (χ0n) is 20.7. The van der Waals surface area contributed by atoms with Crippen LogP contribution >= 0.6 is 0 Å². The molecule has 0 aliphatic carbocycles. The highest BCUT2D eigenvalue weighted by molar-refractivity contribution is 7.93. The molecular formula is C31H27NO4S. The Morgan fingerprint density at radius 2 is 1.27 bits per heavy atom. The van der Waals surface area contributed by atoms with E-state index in [1.807, 2.05) is 44.2 Å². The predicted molar refractivity (Wildman–Crippen MR) is 145 cm³/mol. The van der Waals surface area contributed by atoms with Crippen molar-refractivity contribution in [2.24, 2.45) is 0 Å². The van der Waals surface area contributed by atoms with Crippen LogP contribution < -0.4 is 4.31 Å². The number of ketones is 2. The van der Waals surface area contributed by atoms with Crippen molar-refractivity contribution >= 4 is 27.3 Å². The standard InChI is InChI=1S/C31H27NO4S/c1-21-12-16-24(17-13-21)31(34)30-27(20-29(33)23-8-4-3-5-9-23)26-10-6-7-11-28(26)32(30)37(35,36)25-18-14-22(2)15-19-25/h3-19,27,30H,20H2,1-2H3/t27-,30+/m1/s1. The van der Waals surface area contributed by atoms with Crippen molar-refractivity contribution in [3.63, 3.8) is 0 Å². The Kier molecular flexibility index (Phi) is 6.52. The van der Waals surface area contributed by atoms with Crippen molar-refractivity contribution in [2.45, 2.75) is 37.1 Å². The van der Waals surface area contributed by atoms with Gasteiger partial charge in [-0.25, -0.2) is 8.42 Å². The lowest BCUT2D eigenvalue weighted by molar-refractivity contribution is 0.0930. The molecule has 0 bridgehead atoms. The first-order valence-electron chi connectivity index (χ1n) is 12.2. The first kappa shape index (κ1) is 24.7. The van der Waals surface area contributed by atoms with Gasteiger partial charge in [-0.05, 0) is 37.6 Å². The number of nitrogens with zero attached hydrogens (tertiary/aromatic N) is 1. The summed E-state index contributed by atoms with van der Waals surface area (Å²) in [7, 11) is -4.11. The summed E-state index contributed by atoms with van der Waals surface area (Å²) in [6, 6.07) is 28.6.